The van der Waals surface area contributed by atoms with Gasteiger partial charge in [0.25, 0.3) is 5.91 Å². The number of rotatable bonds is 3. The van der Waals surface area contributed by atoms with E-state index in [9.17, 15) is 4.79 Å². The normalized spacial score (nSPS) is 14.6. The Kier molecular flexibility index (Phi) is 4.74. The lowest BCUT2D eigenvalue weighted by atomic mass is 10.1. The van der Waals surface area contributed by atoms with Crippen molar-refractivity contribution in [3.8, 4) is 5.75 Å². The number of nitrogens with zero attached hydrogens (tertiary/aromatic N) is 2. The van der Waals surface area contributed by atoms with Gasteiger partial charge in [0.2, 0.25) is 0 Å². The maximum absolute atomic E-state index is 12.8. The number of carbonyl (C=O) groups is 1. The molecule has 1 aliphatic heterocycles. The van der Waals surface area contributed by atoms with E-state index in [4.69, 9.17) is 4.74 Å². The Labute approximate surface area is 143 Å². The van der Waals surface area contributed by atoms with Gasteiger partial charge >= 0.3 is 0 Å². The fourth-order valence-corrected chi connectivity index (χ4v) is 3.29. The van der Waals surface area contributed by atoms with E-state index in [1.807, 2.05) is 29.2 Å². The molecule has 2 aromatic rings. The number of anilines is 1. The standard InChI is InChI=1S/C20H24N2O2/c1-15-12-16(2)14-17(13-15)21-8-10-22(11-9-21)20(23)18-6-4-5-7-19(18)24-3/h4-7,12-14H,8-11H2,1-3H3. The topological polar surface area (TPSA) is 32.8 Å². The molecule has 1 aliphatic rings. The van der Waals surface area contributed by atoms with Gasteiger partial charge in [-0.25, -0.2) is 0 Å². The van der Waals surface area contributed by atoms with Gasteiger partial charge in [0.1, 0.15) is 5.75 Å². The van der Waals surface area contributed by atoms with Crippen LogP contribution in [0.1, 0.15) is 21.5 Å². The van der Waals surface area contributed by atoms with Crippen molar-refractivity contribution in [3.63, 3.8) is 0 Å². The molecule has 2 aromatic carbocycles. The SMILES string of the molecule is COc1ccccc1C(=O)N1CCN(c2cc(C)cc(C)c2)CC1. The average Bonchev–Trinajstić information content (AvgIpc) is 2.60. The minimum Gasteiger partial charge on any atom is -0.496 e. The van der Waals surface area contributed by atoms with E-state index < -0.39 is 0 Å². The van der Waals surface area contributed by atoms with E-state index in [0.717, 1.165) is 26.2 Å². The maximum atomic E-state index is 12.8. The van der Waals surface area contributed by atoms with Gasteiger partial charge in [-0.05, 0) is 49.2 Å². The van der Waals surface area contributed by atoms with Crippen LogP contribution in [0.5, 0.6) is 5.75 Å². The fraction of sp³-hybridized carbons (Fsp3) is 0.350. The molecule has 0 radical (unpaired) electrons. The molecule has 24 heavy (non-hydrogen) atoms. The molecule has 1 saturated heterocycles. The van der Waals surface area contributed by atoms with E-state index in [-0.39, 0.29) is 5.91 Å². The molecule has 0 atom stereocenters. The van der Waals surface area contributed by atoms with E-state index in [1.54, 1.807) is 7.11 Å². The zero-order valence-electron chi connectivity index (χ0n) is 14.6. The summed E-state index contributed by atoms with van der Waals surface area (Å²) in [6.45, 7) is 7.40. The zero-order valence-corrected chi connectivity index (χ0v) is 14.6. The summed E-state index contributed by atoms with van der Waals surface area (Å²) < 4.78 is 5.32. The van der Waals surface area contributed by atoms with Crippen LogP contribution in [0.4, 0.5) is 5.69 Å². The predicted molar refractivity (Wildman–Crippen MR) is 97.0 cm³/mol. The number of piperazine rings is 1. The van der Waals surface area contributed by atoms with E-state index in [2.05, 4.69) is 36.9 Å². The van der Waals surface area contributed by atoms with Crippen molar-refractivity contribution in [2.45, 2.75) is 13.8 Å². The summed E-state index contributed by atoms with van der Waals surface area (Å²) in [7, 11) is 1.60. The average molecular weight is 324 g/mol. The Hall–Kier alpha value is -2.49. The molecule has 0 saturated carbocycles. The van der Waals surface area contributed by atoms with Gasteiger partial charge in [0.05, 0.1) is 12.7 Å². The van der Waals surface area contributed by atoms with Gasteiger partial charge in [-0.3, -0.25) is 4.79 Å². The van der Waals surface area contributed by atoms with Crippen molar-refractivity contribution in [2.75, 3.05) is 38.2 Å². The quantitative estimate of drug-likeness (QED) is 0.869. The third-order valence-corrected chi connectivity index (χ3v) is 4.48. The highest BCUT2D eigenvalue weighted by atomic mass is 16.5. The second kappa shape index (κ2) is 6.95. The first-order chi connectivity index (χ1) is 11.6. The van der Waals surface area contributed by atoms with Crippen LogP contribution in [0.15, 0.2) is 42.5 Å². The number of aryl methyl sites for hydroxylation is 2. The molecule has 0 unspecified atom stereocenters. The molecule has 1 heterocycles. The van der Waals surface area contributed by atoms with E-state index in [0.29, 0.717) is 11.3 Å². The number of ether oxygens (including phenoxy) is 1. The number of amides is 1. The highest BCUT2D eigenvalue weighted by Gasteiger charge is 2.24. The van der Waals surface area contributed by atoms with Crippen LogP contribution in [0.2, 0.25) is 0 Å². The molecule has 4 nitrogen and oxygen atoms in total. The first-order valence-corrected chi connectivity index (χ1v) is 8.34. The minimum absolute atomic E-state index is 0.0486. The van der Waals surface area contributed by atoms with Gasteiger partial charge in [-0.15, -0.1) is 0 Å². The summed E-state index contributed by atoms with van der Waals surface area (Å²) in [5, 5.41) is 0. The lowest BCUT2D eigenvalue weighted by Crippen LogP contribution is -2.48. The molecule has 1 fully saturated rings. The molecule has 0 spiro atoms. The summed E-state index contributed by atoms with van der Waals surface area (Å²) in [5.74, 6) is 0.687. The molecule has 0 N–H and O–H groups in total. The van der Waals surface area contributed by atoms with Gasteiger partial charge < -0.3 is 14.5 Å². The summed E-state index contributed by atoms with van der Waals surface area (Å²) in [4.78, 5) is 17.0. The van der Waals surface area contributed by atoms with Crippen LogP contribution in [0.25, 0.3) is 0 Å². The number of hydrogen-bond acceptors (Lipinski definition) is 3. The molecule has 3 rings (SSSR count). The van der Waals surface area contributed by atoms with Crippen molar-refractivity contribution in [1.82, 2.24) is 4.90 Å². The van der Waals surface area contributed by atoms with Crippen LogP contribution >= 0.6 is 0 Å². The Morgan fingerprint density at radius 2 is 1.58 bits per heavy atom. The maximum Gasteiger partial charge on any atom is 0.257 e. The Balaban J connectivity index is 1.69. The fourth-order valence-electron chi connectivity index (χ4n) is 3.29. The van der Waals surface area contributed by atoms with Crippen molar-refractivity contribution in [1.29, 1.82) is 0 Å². The van der Waals surface area contributed by atoms with Crippen LogP contribution in [0.3, 0.4) is 0 Å². The summed E-state index contributed by atoms with van der Waals surface area (Å²) in [6, 6.07) is 14.0. The molecule has 0 aromatic heterocycles. The van der Waals surface area contributed by atoms with Crippen LogP contribution < -0.4 is 9.64 Å². The number of methoxy groups -OCH3 is 1. The van der Waals surface area contributed by atoms with E-state index >= 15 is 0 Å². The first-order valence-electron chi connectivity index (χ1n) is 8.34. The minimum atomic E-state index is 0.0486. The van der Waals surface area contributed by atoms with Crippen molar-refractivity contribution in [3.05, 3.63) is 59.2 Å². The second-order valence-corrected chi connectivity index (χ2v) is 6.33. The third kappa shape index (κ3) is 3.37. The molecule has 126 valence electrons. The van der Waals surface area contributed by atoms with Gasteiger partial charge in [-0.1, -0.05) is 18.2 Å². The molecule has 0 bridgehead atoms. The van der Waals surface area contributed by atoms with Gasteiger partial charge in [-0.2, -0.15) is 0 Å². The Morgan fingerprint density at radius 1 is 0.958 bits per heavy atom. The van der Waals surface area contributed by atoms with Crippen LogP contribution in [-0.4, -0.2) is 44.1 Å². The molecule has 0 aliphatic carbocycles. The van der Waals surface area contributed by atoms with Gasteiger partial charge in [0.15, 0.2) is 0 Å². The molecule has 1 amide bonds. The van der Waals surface area contributed by atoms with Crippen LogP contribution in [0, 0.1) is 13.8 Å². The Morgan fingerprint density at radius 3 is 2.21 bits per heavy atom. The van der Waals surface area contributed by atoms with Crippen molar-refractivity contribution < 1.29 is 9.53 Å². The molecular formula is C20H24N2O2. The summed E-state index contributed by atoms with van der Waals surface area (Å²) in [6.07, 6.45) is 0. The number of carbonyl (C=O) groups excluding carboxylic acids is 1. The Bertz CT molecular complexity index is 714. The lowest BCUT2D eigenvalue weighted by Gasteiger charge is -2.36. The summed E-state index contributed by atoms with van der Waals surface area (Å²) >= 11 is 0. The highest BCUT2D eigenvalue weighted by molar-refractivity contribution is 5.97. The highest BCUT2D eigenvalue weighted by Crippen LogP contribution is 2.23. The predicted octanol–water partition coefficient (Wildman–Crippen LogP) is 3.27. The van der Waals surface area contributed by atoms with Gasteiger partial charge in [0, 0.05) is 31.9 Å². The first kappa shape index (κ1) is 16.4. The molecule has 4 heteroatoms. The molecular weight excluding hydrogens is 300 g/mol. The van der Waals surface area contributed by atoms with Crippen LogP contribution in [-0.2, 0) is 0 Å². The summed E-state index contributed by atoms with van der Waals surface area (Å²) in [5.41, 5.74) is 4.44. The zero-order chi connectivity index (χ0) is 17.1. The van der Waals surface area contributed by atoms with Crippen molar-refractivity contribution >= 4 is 11.6 Å². The number of benzene rings is 2. The number of hydrogen-bond donors (Lipinski definition) is 0. The largest absolute Gasteiger partial charge is 0.496 e. The third-order valence-electron chi connectivity index (χ3n) is 4.48. The second-order valence-electron chi connectivity index (χ2n) is 6.33. The monoisotopic (exact) mass is 324 g/mol. The lowest BCUT2D eigenvalue weighted by molar-refractivity contribution is 0.0743. The number of para-hydroxylation sites is 1. The van der Waals surface area contributed by atoms with Crippen molar-refractivity contribution in [2.24, 2.45) is 0 Å². The van der Waals surface area contributed by atoms with E-state index in [1.165, 1.54) is 16.8 Å². The smallest absolute Gasteiger partial charge is 0.257 e.